The van der Waals surface area contributed by atoms with E-state index in [0.29, 0.717) is 46.7 Å². The van der Waals surface area contributed by atoms with Crippen LogP contribution in [0.5, 0.6) is 0 Å². The molecule has 164 valence electrons. The summed E-state index contributed by atoms with van der Waals surface area (Å²) >= 11 is 0. The first kappa shape index (κ1) is 22.9. The van der Waals surface area contributed by atoms with Crippen LogP contribution in [-0.2, 0) is 18.3 Å². The highest BCUT2D eigenvalue weighted by Gasteiger charge is 2.52. The van der Waals surface area contributed by atoms with Gasteiger partial charge in [-0.05, 0) is 36.3 Å². The van der Waals surface area contributed by atoms with Crippen LogP contribution in [-0.4, -0.2) is 53.3 Å². The number of fused-ring (bicyclic) bond motifs is 2. The second kappa shape index (κ2) is 7.45. The second-order valence-electron chi connectivity index (χ2n) is 12.4. The summed E-state index contributed by atoms with van der Waals surface area (Å²) in [7, 11) is -3.07. The van der Waals surface area contributed by atoms with Gasteiger partial charge in [-0.2, -0.15) is 0 Å². The number of rotatable bonds is 4. The van der Waals surface area contributed by atoms with Crippen molar-refractivity contribution in [1.29, 1.82) is 0 Å². The van der Waals surface area contributed by atoms with E-state index in [4.69, 9.17) is 18.3 Å². The van der Waals surface area contributed by atoms with Crippen molar-refractivity contribution < 1.29 is 18.3 Å². The molecule has 0 aromatic carbocycles. The van der Waals surface area contributed by atoms with Crippen molar-refractivity contribution in [2.24, 2.45) is 0 Å². The molecule has 4 fully saturated rings. The molecule has 4 aliphatic rings. The Morgan fingerprint density at radius 2 is 0.821 bits per heavy atom. The Labute approximate surface area is 175 Å². The van der Waals surface area contributed by atoms with Crippen molar-refractivity contribution in [2.45, 2.75) is 140 Å². The summed E-state index contributed by atoms with van der Waals surface area (Å²) in [5.74, 6) is 0. The molecule has 2 saturated carbocycles. The first-order valence-corrected chi connectivity index (χ1v) is 17.1. The molecule has 2 unspecified atom stereocenters. The lowest BCUT2D eigenvalue weighted by Crippen LogP contribution is -2.43. The molecule has 0 spiro atoms. The van der Waals surface area contributed by atoms with E-state index in [-0.39, 0.29) is 0 Å². The third kappa shape index (κ3) is 5.30. The van der Waals surface area contributed by atoms with Crippen molar-refractivity contribution in [1.82, 2.24) is 0 Å². The van der Waals surface area contributed by atoms with Crippen LogP contribution in [0.25, 0.3) is 0 Å². The van der Waals surface area contributed by atoms with Gasteiger partial charge in [0.15, 0.2) is 16.6 Å². The minimum Gasteiger partial charge on any atom is -0.414 e. The maximum absolute atomic E-state index is 6.32. The summed E-state index contributed by atoms with van der Waals surface area (Å²) in [5.41, 5.74) is 0. The lowest BCUT2D eigenvalue weighted by molar-refractivity contribution is 0.135. The molecular weight excluding hydrogens is 384 g/mol. The van der Waals surface area contributed by atoms with E-state index in [9.17, 15) is 0 Å². The van der Waals surface area contributed by atoms with Gasteiger partial charge in [-0.1, -0.05) is 41.5 Å². The van der Waals surface area contributed by atoms with Crippen molar-refractivity contribution in [3.05, 3.63) is 0 Å². The van der Waals surface area contributed by atoms with E-state index >= 15 is 0 Å². The van der Waals surface area contributed by atoms with E-state index in [2.05, 4.69) is 67.7 Å². The molecule has 4 nitrogen and oxygen atoms in total. The minimum atomic E-state index is -1.53. The molecule has 6 heteroatoms. The Kier molecular flexibility index (Phi) is 6.11. The summed E-state index contributed by atoms with van der Waals surface area (Å²) in [6, 6.07) is 0. The maximum Gasteiger partial charge on any atom is 0.192 e. The minimum absolute atomic E-state index is 0.334. The summed E-state index contributed by atoms with van der Waals surface area (Å²) in [4.78, 5) is 0. The van der Waals surface area contributed by atoms with Crippen molar-refractivity contribution >= 4 is 16.6 Å². The largest absolute Gasteiger partial charge is 0.414 e. The van der Waals surface area contributed by atoms with Crippen LogP contribution < -0.4 is 0 Å². The quantitative estimate of drug-likeness (QED) is 0.414. The molecule has 0 radical (unpaired) electrons. The Morgan fingerprint density at radius 1 is 0.571 bits per heavy atom. The molecule has 2 aliphatic heterocycles. The predicted molar refractivity (Wildman–Crippen MR) is 120 cm³/mol. The Bertz CT molecular complexity index is 494. The molecular formula is C22H44O4Si2. The highest BCUT2D eigenvalue weighted by molar-refractivity contribution is 6.74. The fourth-order valence-corrected chi connectivity index (χ4v) is 6.55. The van der Waals surface area contributed by atoms with Crippen molar-refractivity contribution in [2.75, 3.05) is 0 Å². The van der Waals surface area contributed by atoms with Crippen LogP contribution in [0.2, 0.25) is 36.3 Å². The molecule has 0 bridgehead atoms. The number of hydrogen-bond acceptors (Lipinski definition) is 4. The molecule has 0 aromatic heterocycles. The van der Waals surface area contributed by atoms with Crippen LogP contribution in [0.3, 0.4) is 0 Å². The van der Waals surface area contributed by atoms with Gasteiger partial charge in [-0.3, -0.25) is 0 Å². The van der Waals surface area contributed by atoms with Gasteiger partial charge in [0.1, 0.15) is 0 Å². The zero-order valence-electron chi connectivity index (χ0n) is 19.9. The van der Waals surface area contributed by atoms with Crippen LogP contribution >= 0.6 is 0 Å². The molecule has 2 heterocycles. The normalized spacial score (nSPS) is 37.1. The van der Waals surface area contributed by atoms with Gasteiger partial charge in [-0.15, -0.1) is 0 Å². The van der Waals surface area contributed by atoms with E-state index in [1.165, 1.54) is 0 Å². The fraction of sp³-hybridized carbons (Fsp3) is 1.00. The van der Waals surface area contributed by atoms with Gasteiger partial charge in [0.05, 0.1) is 36.6 Å². The molecule has 0 amide bonds. The SMILES string of the molecule is CC(C)(C)[Si](C)(C)OC1C[C@@H]2O[C@@H]2C1.CC(C)(C)[Si](C)(C)OC1C[C@@H]2O[C@@H]2C1. The van der Waals surface area contributed by atoms with Crippen LogP contribution in [0, 0.1) is 0 Å². The molecule has 28 heavy (non-hydrogen) atoms. The van der Waals surface area contributed by atoms with Crippen LogP contribution in [0.4, 0.5) is 0 Å². The van der Waals surface area contributed by atoms with Gasteiger partial charge in [-0.25, -0.2) is 0 Å². The van der Waals surface area contributed by atoms with Gasteiger partial charge in [0.2, 0.25) is 0 Å². The average molecular weight is 429 g/mol. The highest BCUT2D eigenvalue weighted by atomic mass is 28.4. The zero-order chi connectivity index (χ0) is 21.1. The smallest absolute Gasteiger partial charge is 0.192 e. The van der Waals surface area contributed by atoms with E-state index in [0.717, 1.165) is 25.7 Å². The predicted octanol–water partition coefficient (Wildman–Crippen LogP) is 5.88. The molecule has 4 rings (SSSR count). The average Bonchev–Trinajstić information content (AvgIpc) is 3.32. The molecule has 0 aromatic rings. The van der Waals surface area contributed by atoms with Crippen LogP contribution in [0.15, 0.2) is 0 Å². The summed E-state index contributed by atoms with van der Waals surface area (Å²) in [5, 5.41) is 0.668. The van der Waals surface area contributed by atoms with Gasteiger partial charge in [0.25, 0.3) is 0 Å². The molecule has 6 atom stereocenters. The van der Waals surface area contributed by atoms with Crippen molar-refractivity contribution in [3.63, 3.8) is 0 Å². The number of hydrogen-bond donors (Lipinski definition) is 0. The Hall–Kier alpha value is 0.274. The van der Waals surface area contributed by atoms with E-state index in [1.807, 2.05) is 0 Å². The van der Waals surface area contributed by atoms with Gasteiger partial charge in [0, 0.05) is 25.7 Å². The first-order valence-electron chi connectivity index (χ1n) is 11.3. The van der Waals surface area contributed by atoms with E-state index in [1.54, 1.807) is 0 Å². The first-order chi connectivity index (χ1) is 12.6. The molecule has 2 saturated heterocycles. The van der Waals surface area contributed by atoms with Crippen LogP contribution in [0.1, 0.15) is 67.2 Å². The fourth-order valence-electron chi connectivity index (χ4n) is 3.80. The lowest BCUT2D eigenvalue weighted by atomic mass is 10.2. The monoisotopic (exact) mass is 428 g/mol. The summed E-state index contributed by atoms with van der Waals surface area (Å²) < 4.78 is 23.5. The van der Waals surface area contributed by atoms with Crippen molar-refractivity contribution in [3.8, 4) is 0 Å². The topological polar surface area (TPSA) is 43.5 Å². The third-order valence-electron chi connectivity index (χ3n) is 7.89. The Morgan fingerprint density at radius 3 is 1.04 bits per heavy atom. The standard InChI is InChI=1S/2C11H22O2Si/c2*1-11(2,3)14(4,5)13-8-6-9-10(7-8)12-9/h2*8-10H,6-7H2,1-5H3/t2*8?,9-,10+. The van der Waals surface area contributed by atoms with E-state index < -0.39 is 16.6 Å². The number of ether oxygens (including phenoxy) is 2. The zero-order valence-corrected chi connectivity index (χ0v) is 21.9. The number of epoxide rings is 2. The molecule has 0 N–H and O–H groups in total. The van der Waals surface area contributed by atoms with Gasteiger partial charge >= 0.3 is 0 Å². The second-order valence-corrected chi connectivity index (χ2v) is 21.9. The lowest BCUT2D eigenvalue weighted by Gasteiger charge is -2.38. The Balaban J connectivity index is 0.000000161. The summed E-state index contributed by atoms with van der Waals surface area (Å²) in [6.45, 7) is 23.1. The summed E-state index contributed by atoms with van der Waals surface area (Å²) in [6.07, 6.45) is 7.70. The van der Waals surface area contributed by atoms with Gasteiger partial charge < -0.3 is 18.3 Å². The maximum atomic E-state index is 6.32. The molecule has 2 aliphatic carbocycles. The highest BCUT2D eigenvalue weighted by Crippen LogP contribution is 2.45. The third-order valence-corrected chi connectivity index (χ3v) is 17.0.